The quantitative estimate of drug-likeness (QED) is 0.694. The van der Waals surface area contributed by atoms with E-state index in [2.05, 4.69) is 38.8 Å². The SMILES string of the molecule is CC(C)(C)OC(=O)N1CCN(C2COC2)C(CO[Si](C)(C)C(C)(C)C)C1. The Hall–Kier alpha value is -0.633. The van der Waals surface area contributed by atoms with Crippen molar-refractivity contribution in [1.82, 2.24) is 9.80 Å². The van der Waals surface area contributed by atoms with E-state index in [-0.39, 0.29) is 17.2 Å². The maximum absolute atomic E-state index is 12.5. The molecule has 2 fully saturated rings. The van der Waals surface area contributed by atoms with Crippen molar-refractivity contribution in [3.05, 3.63) is 0 Å². The number of nitrogens with zero attached hydrogens (tertiary/aromatic N) is 2. The average molecular weight is 387 g/mol. The fourth-order valence-corrected chi connectivity index (χ4v) is 3.97. The van der Waals surface area contributed by atoms with Crippen molar-refractivity contribution in [1.29, 1.82) is 0 Å². The molecule has 7 heteroatoms. The molecule has 0 bridgehead atoms. The van der Waals surface area contributed by atoms with E-state index in [1.165, 1.54) is 0 Å². The van der Waals surface area contributed by atoms with Crippen LogP contribution in [-0.4, -0.2) is 81.4 Å². The summed E-state index contributed by atoms with van der Waals surface area (Å²) >= 11 is 0. The first-order valence-corrected chi connectivity index (χ1v) is 12.7. The number of carbonyl (C=O) groups is 1. The topological polar surface area (TPSA) is 51.2 Å². The second-order valence-electron chi connectivity index (χ2n) is 10.1. The summed E-state index contributed by atoms with van der Waals surface area (Å²) < 4.78 is 17.5. The molecular weight excluding hydrogens is 348 g/mol. The van der Waals surface area contributed by atoms with Crippen molar-refractivity contribution in [3.63, 3.8) is 0 Å². The Labute approximate surface area is 160 Å². The highest BCUT2D eigenvalue weighted by Crippen LogP contribution is 2.37. The van der Waals surface area contributed by atoms with Gasteiger partial charge in [-0.05, 0) is 38.9 Å². The second kappa shape index (κ2) is 7.77. The molecule has 0 aromatic carbocycles. The lowest BCUT2D eigenvalue weighted by atomic mass is 10.1. The third-order valence-corrected chi connectivity index (χ3v) is 10.2. The van der Waals surface area contributed by atoms with Gasteiger partial charge in [0.2, 0.25) is 0 Å². The second-order valence-corrected chi connectivity index (χ2v) is 14.9. The Balaban J connectivity index is 2.03. The van der Waals surface area contributed by atoms with Gasteiger partial charge < -0.3 is 18.8 Å². The molecule has 2 rings (SSSR count). The molecule has 2 heterocycles. The maximum Gasteiger partial charge on any atom is 0.410 e. The summed E-state index contributed by atoms with van der Waals surface area (Å²) in [5.41, 5.74) is -0.469. The maximum atomic E-state index is 12.5. The number of ether oxygens (including phenoxy) is 2. The number of carbonyl (C=O) groups excluding carboxylic acids is 1. The van der Waals surface area contributed by atoms with Crippen molar-refractivity contribution in [2.24, 2.45) is 0 Å². The van der Waals surface area contributed by atoms with Crippen LogP contribution in [0.4, 0.5) is 4.79 Å². The van der Waals surface area contributed by atoms with E-state index in [4.69, 9.17) is 13.9 Å². The fraction of sp³-hybridized carbons (Fsp3) is 0.947. The molecule has 0 saturated carbocycles. The van der Waals surface area contributed by atoms with E-state index in [1.54, 1.807) is 0 Å². The third kappa shape index (κ3) is 5.44. The van der Waals surface area contributed by atoms with Gasteiger partial charge >= 0.3 is 6.09 Å². The Morgan fingerprint density at radius 3 is 2.19 bits per heavy atom. The Kier molecular flexibility index (Phi) is 6.48. The molecule has 0 radical (unpaired) electrons. The number of hydrogen-bond donors (Lipinski definition) is 0. The zero-order chi connectivity index (χ0) is 19.8. The fourth-order valence-electron chi connectivity index (χ4n) is 2.93. The van der Waals surface area contributed by atoms with Crippen LogP contribution in [0.3, 0.4) is 0 Å². The van der Waals surface area contributed by atoms with Gasteiger partial charge in [0.15, 0.2) is 8.32 Å². The summed E-state index contributed by atoms with van der Waals surface area (Å²) in [6, 6.07) is 0.642. The van der Waals surface area contributed by atoms with Crippen LogP contribution in [-0.2, 0) is 13.9 Å². The number of amides is 1. The molecule has 2 aliphatic rings. The third-order valence-electron chi connectivity index (χ3n) is 5.71. The molecule has 1 unspecified atom stereocenters. The number of piperazine rings is 1. The summed E-state index contributed by atoms with van der Waals surface area (Å²) in [5.74, 6) is 0. The van der Waals surface area contributed by atoms with Crippen molar-refractivity contribution < 1.29 is 18.7 Å². The van der Waals surface area contributed by atoms with Crippen LogP contribution < -0.4 is 0 Å². The van der Waals surface area contributed by atoms with E-state index < -0.39 is 13.9 Å². The van der Waals surface area contributed by atoms with Gasteiger partial charge in [-0.2, -0.15) is 0 Å². The van der Waals surface area contributed by atoms with Crippen molar-refractivity contribution in [2.75, 3.05) is 39.5 Å². The predicted octanol–water partition coefficient (Wildman–Crippen LogP) is 3.33. The van der Waals surface area contributed by atoms with E-state index in [0.717, 1.165) is 19.8 Å². The minimum absolute atomic E-state index is 0.178. The van der Waals surface area contributed by atoms with Gasteiger partial charge in [-0.3, -0.25) is 4.90 Å². The molecule has 2 aliphatic heterocycles. The van der Waals surface area contributed by atoms with Crippen molar-refractivity contribution >= 4 is 14.4 Å². The van der Waals surface area contributed by atoms with E-state index >= 15 is 0 Å². The molecule has 1 amide bonds. The van der Waals surface area contributed by atoms with Gasteiger partial charge in [-0.25, -0.2) is 4.79 Å². The molecule has 2 saturated heterocycles. The predicted molar refractivity (Wildman–Crippen MR) is 106 cm³/mol. The Bertz CT molecular complexity index is 495. The van der Waals surface area contributed by atoms with Crippen molar-refractivity contribution in [2.45, 2.75) is 77.4 Å². The molecule has 6 nitrogen and oxygen atoms in total. The standard InChI is InChI=1S/C19H38N2O4Si/c1-18(2,3)25-17(22)20-9-10-21(16-12-23-13-16)15(11-20)14-24-26(7,8)19(4,5)6/h15-16H,9-14H2,1-8H3. The molecule has 1 atom stereocenters. The van der Waals surface area contributed by atoms with Crippen LogP contribution >= 0.6 is 0 Å². The van der Waals surface area contributed by atoms with Gasteiger partial charge in [0.05, 0.1) is 31.9 Å². The summed E-state index contributed by atoms with van der Waals surface area (Å²) in [6.45, 7) is 21.5. The zero-order valence-electron chi connectivity index (χ0n) is 17.9. The van der Waals surface area contributed by atoms with Crippen LogP contribution in [0.2, 0.25) is 18.1 Å². The molecular formula is C19H38N2O4Si. The van der Waals surface area contributed by atoms with Crippen LogP contribution in [0.15, 0.2) is 0 Å². The lowest BCUT2D eigenvalue weighted by molar-refractivity contribution is -0.102. The van der Waals surface area contributed by atoms with E-state index in [1.807, 2.05) is 25.7 Å². The van der Waals surface area contributed by atoms with Gasteiger partial charge in [0.25, 0.3) is 0 Å². The first-order chi connectivity index (χ1) is 11.8. The summed E-state index contributed by atoms with van der Waals surface area (Å²) in [4.78, 5) is 16.8. The van der Waals surface area contributed by atoms with Crippen LogP contribution in [0.5, 0.6) is 0 Å². The van der Waals surface area contributed by atoms with Gasteiger partial charge in [0, 0.05) is 19.6 Å². The number of hydrogen-bond acceptors (Lipinski definition) is 5. The first kappa shape index (κ1) is 21.7. The van der Waals surface area contributed by atoms with Gasteiger partial charge in [0.1, 0.15) is 5.60 Å². The zero-order valence-corrected chi connectivity index (χ0v) is 18.9. The van der Waals surface area contributed by atoms with E-state index in [9.17, 15) is 4.79 Å². The molecule has 0 aromatic rings. The molecule has 0 aliphatic carbocycles. The highest BCUT2D eigenvalue weighted by Gasteiger charge is 2.41. The van der Waals surface area contributed by atoms with Crippen LogP contribution in [0.25, 0.3) is 0 Å². The van der Waals surface area contributed by atoms with Crippen molar-refractivity contribution in [3.8, 4) is 0 Å². The molecule has 0 spiro atoms. The number of rotatable bonds is 4. The molecule has 0 aromatic heterocycles. The first-order valence-electron chi connectivity index (χ1n) is 9.75. The largest absolute Gasteiger partial charge is 0.444 e. The molecule has 152 valence electrons. The van der Waals surface area contributed by atoms with Crippen LogP contribution in [0, 0.1) is 0 Å². The Morgan fingerprint density at radius 1 is 1.12 bits per heavy atom. The Morgan fingerprint density at radius 2 is 1.73 bits per heavy atom. The van der Waals surface area contributed by atoms with Gasteiger partial charge in [-0.15, -0.1) is 0 Å². The molecule has 26 heavy (non-hydrogen) atoms. The normalized spacial score (nSPS) is 23.7. The highest BCUT2D eigenvalue weighted by atomic mass is 28.4. The lowest BCUT2D eigenvalue weighted by Gasteiger charge is -2.48. The minimum atomic E-state index is -1.83. The smallest absolute Gasteiger partial charge is 0.410 e. The summed E-state index contributed by atoms with van der Waals surface area (Å²) in [7, 11) is -1.83. The summed E-state index contributed by atoms with van der Waals surface area (Å²) in [6.07, 6.45) is -0.223. The minimum Gasteiger partial charge on any atom is -0.444 e. The monoisotopic (exact) mass is 386 g/mol. The van der Waals surface area contributed by atoms with Gasteiger partial charge in [-0.1, -0.05) is 20.8 Å². The highest BCUT2D eigenvalue weighted by molar-refractivity contribution is 6.74. The van der Waals surface area contributed by atoms with E-state index in [0.29, 0.717) is 25.7 Å². The summed E-state index contributed by atoms with van der Waals surface area (Å²) in [5, 5.41) is 0.178. The lowest BCUT2D eigenvalue weighted by Crippen LogP contribution is -2.64. The molecule has 0 N–H and O–H groups in total. The average Bonchev–Trinajstić information content (AvgIpc) is 2.41. The van der Waals surface area contributed by atoms with Crippen LogP contribution in [0.1, 0.15) is 41.5 Å².